The Bertz CT molecular complexity index is 1100. The van der Waals surface area contributed by atoms with Crippen LogP contribution in [0.15, 0.2) is 48.5 Å². The van der Waals surface area contributed by atoms with E-state index in [9.17, 15) is 14.4 Å². The maximum absolute atomic E-state index is 13.7. The minimum absolute atomic E-state index is 0.185. The van der Waals surface area contributed by atoms with Gasteiger partial charge in [0.1, 0.15) is 5.54 Å². The van der Waals surface area contributed by atoms with Gasteiger partial charge in [0.05, 0.1) is 22.5 Å². The average Bonchev–Trinajstić information content (AvgIpc) is 3.38. The maximum atomic E-state index is 13.7. The molecule has 5 rings (SSSR count). The number of nitrogens with zero attached hydrogens (tertiary/aromatic N) is 1. The molecule has 2 saturated heterocycles. The molecular formula is C24H24ClN3O3S. The van der Waals surface area contributed by atoms with Crippen molar-refractivity contribution in [2.24, 2.45) is 11.8 Å². The van der Waals surface area contributed by atoms with Gasteiger partial charge in [0.2, 0.25) is 17.7 Å². The van der Waals surface area contributed by atoms with Crippen LogP contribution in [0.5, 0.6) is 0 Å². The quantitative estimate of drug-likeness (QED) is 0.636. The fourth-order valence-electron chi connectivity index (χ4n) is 5.45. The van der Waals surface area contributed by atoms with E-state index in [2.05, 4.69) is 10.6 Å². The molecule has 3 aliphatic heterocycles. The van der Waals surface area contributed by atoms with E-state index in [-0.39, 0.29) is 23.8 Å². The molecule has 32 heavy (non-hydrogen) atoms. The lowest BCUT2D eigenvalue weighted by molar-refractivity contribution is -0.142. The SMILES string of the molecule is CSCC[C@@H]1N[C@]2(C(=O)Nc3c(Cl)cccc32)[C@@H]2C(=O)N(CCc3ccccc3)C(=O)[C@@H]12. The fraction of sp³-hybridized carbons (Fsp3) is 0.375. The molecule has 4 atom stereocenters. The molecule has 6 nitrogen and oxygen atoms in total. The first kappa shape index (κ1) is 21.5. The number of halogens is 1. The second-order valence-electron chi connectivity index (χ2n) is 8.52. The van der Waals surface area contributed by atoms with Gasteiger partial charge in [0, 0.05) is 18.2 Å². The number of amides is 3. The number of carbonyl (C=O) groups is 3. The first-order valence-corrected chi connectivity index (χ1v) is 12.5. The Morgan fingerprint density at radius 1 is 1.06 bits per heavy atom. The van der Waals surface area contributed by atoms with Gasteiger partial charge in [0.25, 0.3) is 0 Å². The summed E-state index contributed by atoms with van der Waals surface area (Å²) >= 11 is 8.04. The van der Waals surface area contributed by atoms with Gasteiger partial charge in [-0.3, -0.25) is 24.6 Å². The average molecular weight is 470 g/mol. The van der Waals surface area contributed by atoms with Crippen molar-refractivity contribution < 1.29 is 14.4 Å². The van der Waals surface area contributed by atoms with E-state index < -0.39 is 17.4 Å². The molecule has 3 heterocycles. The van der Waals surface area contributed by atoms with E-state index in [0.29, 0.717) is 35.7 Å². The Hall–Kier alpha value is -2.35. The zero-order valence-corrected chi connectivity index (χ0v) is 19.2. The van der Waals surface area contributed by atoms with Crippen LogP contribution in [0.3, 0.4) is 0 Å². The topological polar surface area (TPSA) is 78.5 Å². The summed E-state index contributed by atoms with van der Waals surface area (Å²) in [5, 5.41) is 6.74. The van der Waals surface area contributed by atoms with Crippen molar-refractivity contribution in [3.63, 3.8) is 0 Å². The van der Waals surface area contributed by atoms with Crippen molar-refractivity contribution in [3.8, 4) is 0 Å². The summed E-state index contributed by atoms with van der Waals surface area (Å²) in [5.41, 5.74) is 0.969. The highest BCUT2D eigenvalue weighted by Gasteiger charge is 2.70. The number of hydrogen-bond donors (Lipinski definition) is 2. The van der Waals surface area contributed by atoms with Crippen LogP contribution < -0.4 is 10.6 Å². The van der Waals surface area contributed by atoms with E-state index in [1.807, 2.05) is 42.7 Å². The van der Waals surface area contributed by atoms with Crippen LogP contribution in [-0.2, 0) is 26.3 Å². The van der Waals surface area contributed by atoms with E-state index in [0.717, 1.165) is 11.3 Å². The highest BCUT2D eigenvalue weighted by Crippen LogP contribution is 2.54. The van der Waals surface area contributed by atoms with Crippen LogP contribution in [0.2, 0.25) is 5.02 Å². The molecule has 2 N–H and O–H groups in total. The molecule has 3 aliphatic rings. The van der Waals surface area contributed by atoms with Crippen LogP contribution in [0.25, 0.3) is 0 Å². The van der Waals surface area contributed by atoms with Gasteiger partial charge in [-0.2, -0.15) is 11.8 Å². The second kappa shape index (κ2) is 8.21. The number of nitrogens with one attached hydrogen (secondary N) is 2. The summed E-state index contributed by atoms with van der Waals surface area (Å²) < 4.78 is 0. The minimum atomic E-state index is -1.28. The number of hydrogen-bond acceptors (Lipinski definition) is 5. The second-order valence-corrected chi connectivity index (χ2v) is 9.92. The largest absolute Gasteiger partial charge is 0.323 e. The Morgan fingerprint density at radius 3 is 2.59 bits per heavy atom. The number of rotatable bonds is 6. The molecule has 0 radical (unpaired) electrons. The lowest BCUT2D eigenvalue weighted by Gasteiger charge is -2.29. The number of likely N-dealkylation sites (tertiary alicyclic amines) is 1. The van der Waals surface area contributed by atoms with E-state index in [1.165, 1.54) is 4.90 Å². The summed E-state index contributed by atoms with van der Waals surface area (Å²) in [6.07, 6.45) is 3.29. The Balaban J connectivity index is 1.53. The van der Waals surface area contributed by atoms with Crippen LogP contribution in [0, 0.1) is 11.8 Å². The van der Waals surface area contributed by atoms with Gasteiger partial charge >= 0.3 is 0 Å². The fourth-order valence-corrected chi connectivity index (χ4v) is 6.16. The summed E-state index contributed by atoms with van der Waals surface area (Å²) in [5.74, 6) is -1.30. The zero-order chi connectivity index (χ0) is 22.5. The van der Waals surface area contributed by atoms with Crippen molar-refractivity contribution in [2.45, 2.75) is 24.4 Å². The van der Waals surface area contributed by atoms with Gasteiger partial charge in [-0.1, -0.05) is 54.1 Å². The van der Waals surface area contributed by atoms with Gasteiger partial charge in [-0.25, -0.2) is 0 Å². The molecule has 2 aromatic rings. The molecule has 2 fully saturated rings. The monoisotopic (exact) mass is 469 g/mol. The minimum Gasteiger partial charge on any atom is -0.323 e. The van der Waals surface area contributed by atoms with Crippen molar-refractivity contribution in [1.82, 2.24) is 10.2 Å². The summed E-state index contributed by atoms with van der Waals surface area (Å²) in [4.78, 5) is 42.0. The molecule has 0 aromatic heterocycles. The number of para-hydroxylation sites is 1. The molecule has 166 valence electrons. The molecule has 3 amide bonds. The highest BCUT2D eigenvalue weighted by atomic mass is 35.5. The zero-order valence-electron chi connectivity index (χ0n) is 17.6. The molecule has 0 bridgehead atoms. The third-order valence-corrected chi connectivity index (χ3v) is 7.85. The molecule has 2 aromatic carbocycles. The molecular weight excluding hydrogens is 446 g/mol. The first-order chi connectivity index (χ1) is 15.5. The van der Waals surface area contributed by atoms with Gasteiger partial charge in [-0.15, -0.1) is 0 Å². The maximum Gasteiger partial charge on any atom is 0.250 e. The Labute approximate surface area is 196 Å². The number of thioether (sulfide) groups is 1. The standard InChI is InChI=1S/C24H24ClN3O3S/c1-32-13-11-17-18-19(22(30)28(21(18)29)12-10-14-6-3-2-4-7-14)24(27-17)15-8-5-9-16(25)20(15)26-23(24)31/h2-9,17-19,27H,10-13H2,1H3,(H,26,31)/t17-,18-,19-,24-/m0/s1. The van der Waals surface area contributed by atoms with E-state index >= 15 is 0 Å². The smallest absolute Gasteiger partial charge is 0.250 e. The number of anilines is 1. The van der Waals surface area contributed by atoms with Crippen LogP contribution in [0.4, 0.5) is 5.69 Å². The summed E-state index contributed by atoms with van der Waals surface area (Å²) in [6, 6.07) is 14.8. The third-order valence-electron chi connectivity index (χ3n) is 6.89. The van der Waals surface area contributed by atoms with E-state index in [4.69, 9.17) is 11.6 Å². The van der Waals surface area contributed by atoms with Gasteiger partial charge in [0.15, 0.2) is 0 Å². The third kappa shape index (κ3) is 3.10. The molecule has 0 aliphatic carbocycles. The lowest BCUT2D eigenvalue weighted by Crippen LogP contribution is -2.53. The lowest BCUT2D eigenvalue weighted by atomic mass is 9.76. The number of imide groups is 1. The molecule has 0 unspecified atom stereocenters. The predicted octanol–water partition coefficient (Wildman–Crippen LogP) is 3.06. The Kier molecular flexibility index (Phi) is 5.51. The number of benzene rings is 2. The van der Waals surface area contributed by atoms with E-state index in [1.54, 1.807) is 23.9 Å². The van der Waals surface area contributed by atoms with Crippen LogP contribution >= 0.6 is 23.4 Å². The number of fused-ring (bicyclic) bond motifs is 4. The predicted molar refractivity (Wildman–Crippen MR) is 126 cm³/mol. The molecule has 1 spiro atoms. The molecule has 0 saturated carbocycles. The van der Waals surface area contributed by atoms with Crippen LogP contribution in [0.1, 0.15) is 17.5 Å². The molecule has 8 heteroatoms. The van der Waals surface area contributed by atoms with Crippen molar-refractivity contribution in [2.75, 3.05) is 23.9 Å². The summed E-state index contributed by atoms with van der Waals surface area (Å²) in [7, 11) is 0. The Morgan fingerprint density at radius 2 is 1.84 bits per heavy atom. The van der Waals surface area contributed by atoms with Crippen molar-refractivity contribution in [1.29, 1.82) is 0 Å². The normalized spacial score (nSPS) is 28.4. The van der Waals surface area contributed by atoms with Gasteiger partial charge in [-0.05, 0) is 36.5 Å². The number of carbonyl (C=O) groups excluding carboxylic acids is 3. The van der Waals surface area contributed by atoms with Crippen LogP contribution in [-0.4, -0.2) is 47.2 Å². The van der Waals surface area contributed by atoms with Gasteiger partial charge < -0.3 is 5.32 Å². The van der Waals surface area contributed by atoms with Crippen molar-refractivity contribution >= 4 is 46.8 Å². The summed E-state index contributed by atoms with van der Waals surface area (Å²) in [6.45, 7) is 0.310. The highest BCUT2D eigenvalue weighted by molar-refractivity contribution is 7.98. The first-order valence-electron chi connectivity index (χ1n) is 10.7. The van der Waals surface area contributed by atoms with Crippen molar-refractivity contribution in [3.05, 3.63) is 64.7 Å².